The summed E-state index contributed by atoms with van der Waals surface area (Å²) in [5.41, 5.74) is 1.85. The first-order chi connectivity index (χ1) is 12.1. The average molecular weight is 415 g/mol. The Hall–Kier alpha value is -2.53. The van der Waals surface area contributed by atoms with E-state index in [9.17, 15) is 0 Å². The molecule has 0 fully saturated rings. The van der Waals surface area contributed by atoms with E-state index in [4.69, 9.17) is 14.2 Å². The van der Waals surface area contributed by atoms with Crippen LogP contribution in [0.2, 0.25) is 0 Å². The van der Waals surface area contributed by atoms with Crippen LogP contribution in [0.4, 0.5) is 5.69 Å². The van der Waals surface area contributed by atoms with Crippen molar-refractivity contribution in [2.75, 3.05) is 7.11 Å². The van der Waals surface area contributed by atoms with Crippen LogP contribution in [0.15, 0.2) is 77.5 Å². The molecule has 0 aromatic heterocycles. The molecular formula is C21H21BrNO3-. The number of ether oxygens (including phenoxy) is 3. The van der Waals surface area contributed by atoms with Crippen LogP contribution in [0, 0.1) is 0 Å². The summed E-state index contributed by atoms with van der Waals surface area (Å²) in [5.74, 6) is 1.55. The van der Waals surface area contributed by atoms with Gasteiger partial charge >= 0.3 is 0 Å². The van der Waals surface area contributed by atoms with Crippen LogP contribution < -0.4 is 21.7 Å². The Morgan fingerprint density at radius 3 is 2.31 bits per heavy atom. The fraction of sp³-hybridized carbons (Fsp3) is 0.190. The molecule has 0 bridgehead atoms. The second kappa shape index (κ2) is 8.72. The largest absolute Gasteiger partial charge is 1.00 e. The zero-order valence-corrected chi connectivity index (χ0v) is 16.6. The fourth-order valence-corrected chi connectivity index (χ4v) is 2.45. The molecule has 0 saturated heterocycles. The number of benzene rings is 2. The molecule has 1 heterocycles. The molecule has 2 aromatic carbocycles. The quantitative estimate of drug-likeness (QED) is 0.719. The molecule has 0 amide bonds. The van der Waals surface area contributed by atoms with E-state index < -0.39 is 5.79 Å². The second-order valence-electron chi connectivity index (χ2n) is 6.02. The summed E-state index contributed by atoms with van der Waals surface area (Å²) in [6, 6.07) is 17.5. The Morgan fingerprint density at radius 1 is 0.962 bits per heavy atom. The van der Waals surface area contributed by atoms with Crippen molar-refractivity contribution in [1.29, 1.82) is 0 Å². The molecule has 3 rings (SSSR count). The van der Waals surface area contributed by atoms with Gasteiger partial charge in [-0.1, -0.05) is 30.3 Å². The van der Waals surface area contributed by atoms with E-state index in [1.807, 2.05) is 80.6 Å². The summed E-state index contributed by atoms with van der Waals surface area (Å²) in [6.07, 6.45) is 5.43. The smallest absolute Gasteiger partial charge is 0.245 e. The first-order valence-electron chi connectivity index (χ1n) is 8.09. The van der Waals surface area contributed by atoms with Gasteiger partial charge in [-0.15, -0.1) is 0 Å². The number of methoxy groups -OCH3 is 1. The van der Waals surface area contributed by atoms with Crippen molar-refractivity contribution in [3.8, 4) is 5.75 Å². The molecule has 0 radical (unpaired) electrons. The Labute approximate surface area is 164 Å². The molecule has 2 aromatic rings. The van der Waals surface area contributed by atoms with Gasteiger partial charge in [-0.3, -0.25) is 4.99 Å². The van der Waals surface area contributed by atoms with Gasteiger partial charge in [0.1, 0.15) is 17.3 Å². The maximum atomic E-state index is 5.92. The molecule has 26 heavy (non-hydrogen) atoms. The van der Waals surface area contributed by atoms with Gasteiger partial charge in [-0.2, -0.15) is 0 Å². The van der Waals surface area contributed by atoms with Crippen LogP contribution in [-0.2, 0) is 9.47 Å². The third-order valence-electron chi connectivity index (χ3n) is 3.59. The summed E-state index contributed by atoms with van der Waals surface area (Å²) in [5, 5.41) is 0. The van der Waals surface area contributed by atoms with Crippen LogP contribution in [0.5, 0.6) is 5.75 Å². The Kier molecular flexibility index (Phi) is 6.64. The molecule has 0 saturated carbocycles. The molecule has 5 heteroatoms. The first kappa shape index (κ1) is 19.8. The Bertz CT molecular complexity index is 809. The topological polar surface area (TPSA) is 40.0 Å². The summed E-state index contributed by atoms with van der Waals surface area (Å²) in [7, 11) is 1.64. The van der Waals surface area contributed by atoms with E-state index in [1.165, 1.54) is 0 Å². The lowest BCUT2D eigenvalue weighted by atomic mass is 10.1. The number of allylic oxidation sites excluding steroid dienone is 2. The number of rotatable bonds is 4. The van der Waals surface area contributed by atoms with Crippen molar-refractivity contribution in [2.24, 2.45) is 4.99 Å². The first-order valence-corrected chi connectivity index (χ1v) is 8.09. The Morgan fingerprint density at radius 2 is 1.65 bits per heavy atom. The third kappa shape index (κ3) is 5.23. The number of halogens is 1. The highest BCUT2D eigenvalue weighted by atomic mass is 79.9. The van der Waals surface area contributed by atoms with Crippen molar-refractivity contribution >= 4 is 17.7 Å². The highest BCUT2D eigenvalue weighted by molar-refractivity contribution is 5.77. The lowest BCUT2D eigenvalue weighted by Gasteiger charge is -2.33. The predicted molar refractivity (Wildman–Crippen MR) is 99.9 cm³/mol. The number of aliphatic imine (C=N–C) groups is 1. The van der Waals surface area contributed by atoms with Gasteiger partial charge in [0.25, 0.3) is 0 Å². The molecule has 0 atom stereocenters. The number of hydrogen-bond acceptors (Lipinski definition) is 4. The lowest BCUT2D eigenvalue weighted by Crippen LogP contribution is -3.00. The van der Waals surface area contributed by atoms with Crippen molar-refractivity contribution in [2.45, 2.75) is 19.6 Å². The van der Waals surface area contributed by atoms with Crippen molar-refractivity contribution in [3.63, 3.8) is 0 Å². The average Bonchev–Trinajstić information content (AvgIpc) is 2.62. The normalized spacial score (nSPS) is 17.0. The van der Waals surface area contributed by atoms with Crippen molar-refractivity contribution in [1.82, 2.24) is 0 Å². The molecule has 0 spiro atoms. The highest BCUT2D eigenvalue weighted by Gasteiger charge is 2.28. The molecule has 1 aliphatic heterocycles. The van der Waals surface area contributed by atoms with Crippen LogP contribution in [0.1, 0.15) is 19.4 Å². The van der Waals surface area contributed by atoms with E-state index in [-0.39, 0.29) is 17.0 Å². The second-order valence-corrected chi connectivity index (χ2v) is 6.02. The summed E-state index contributed by atoms with van der Waals surface area (Å²) < 4.78 is 16.9. The lowest BCUT2D eigenvalue weighted by molar-refractivity contribution is -0.149. The monoisotopic (exact) mass is 414 g/mol. The molecule has 1 aliphatic rings. The van der Waals surface area contributed by atoms with E-state index in [1.54, 1.807) is 13.3 Å². The standard InChI is InChI=1S/C21H21NO3.BrH/c1-21(2)24-19(15-20(25-21)16-7-5-4-6-8-16)13-14-22-17-9-11-18(23-3)12-10-17;/h4-15H,1-3H3;1H/p-1/b19-13+,22-14?;. The van der Waals surface area contributed by atoms with E-state index in [2.05, 4.69) is 4.99 Å². The van der Waals surface area contributed by atoms with Crippen LogP contribution >= 0.6 is 0 Å². The SMILES string of the molecule is COc1ccc(N=C/C=C2\C=C(c3ccccc3)OC(C)(C)O2)cc1.[Br-]. The fourth-order valence-electron chi connectivity index (χ4n) is 2.45. The molecule has 0 unspecified atom stereocenters. The van der Waals surface area contributed by atoms with Crippen molar-refractivity contribution < 1.29 is 31.2 Å². The van der Waals surface area contributed by atoms with Gasteiger partial charge in [0.05, 0.1) is 12.8 Å². The van der Waals surface area contributed by atoms with Gasteiger partial charge in [0.15, 0.2) is 0 Å². The maximum Gasteiger partial charge on any atom is 0.245 e. The molecule has 0 N–H and O–H groups in total. The van der Waals surface area contributed by atoms with Gasteiger partial charge < -0.3 is 31.2 Å². The molecule has 136 valence electrons. The van der Waals surface area contributed by atoms with Gasteiger partial charge in [-0.25, -0.2) is 0 Å². The van der Waals surface area contributed by atoms with Crippen LogP contribution in [-0.4, -0.2) is 19.1 Å². The zero-order valence-electron chi connectivity index (χ0n) is 15.0. The minimum Gasteiger partial charge on any atom is -1.00 e. The number of nitrogens with zero attached hydrogens (tertiary/aromatic N) is 1. The molecule has 0 aliphatic carbocycles. The van der Waals surface area contributed by atoms with Crippen LogP contribution in [0.3, 0.4) is 0 Å². The van der Waals surface area contributed by atoms with E-state index in [0.29, 0.717) is 5.76 Å². The Balaban J connectivity index is 0.00000243. The summed E-state index contributed by atoms with van der Waals surface area (Å²) >= 11 is 0. The highest BCUT2D eigenvalue weighted by Crippen LogP contribution is 2.32. The van der Waals surface area contributed by atoms with Crippen molar-refractivity contribution in [3.05, 3.63) is 78.1 Å². The molecule has 4 nitrogen and oxygen atoms in total. The minimum absolute atomic E-state index is 0. The van der Waals surface area contributed by atoms with Gasteiger partial charge in [0, 0.05) is 31.7 Å². The van der Waals surface area contributed by atoms with Gasteiger partial charge in [0.2, 0.25) is 5.79 Å². The number of hydrogen-bond donors (Lipinski definition) is 0. The van der Waals surface area contributed by atoms with E-state index >= 15 is 0 Å². The third-order valence-corrected chi connectivity index (χ3v) is 3.59. The summed E-state index contributed by atoms with van der Waals surface area (Å²) in [6.45, 7) is 3.77. The van der Waals surface area contributed by atoms with Gasteiger partial charge in [-0.05, 0) is 30.3 Å². The predicted octanol–water partition coefficient (Wildman–Crippen LogP) is 2.11. The van der Waals surface area contributed by atoms with E-state index in [0.717, 1.165) is 22.8 Å². The zero-order chi connectivity index (χ0) is 17.7. The van der Waals surface area contributed by atoms with Crippen LogP contribution in [0.25, 0.3) is 5.76 Å². The minimum atomic E-state index is -0.736. The maximum absolute atomic E-state index is 5.92. The molecular weight excluding hydrogens is 394 g/mol. The summed E-state index contributed by atoms with van der Waals surface area (Å²) in [4.78, 5) is 4.41.